The molecule has 2 aromatic rings. The first-order chi connectivity index (χ1) is 45.6. The highest BCUT2D eigenvalue weighted by Crippen LogP contribution is 2.48. The van der Waals surface area contributed by atoms with Gasteiger partial charge in [-0.15, -0.1) is 0 Å². The highest BCUT2D eigenvalue weighted by Gasteiger charge is 2.38. The zero-order valence-electron chi connectivity index (χ0n) is 62.3. The zero-order valence-corrected chi connectivity index (χ0v) is 65.0. The van der Waals surface area contributed by atoms with Crippen LogP contribution < -0.4 is 18.9 Å². The fraction of sp³-hybridized carbons (Fsp3) is 0.781. The minimum Gasteiger partial charge on any atom is -0.487 e. The van der Waals surface area contributed by atoms with E-state index in [1.807, 2.05) is 41.5 Å². The summed E-state index contributed by atoms with van der Waals surface area (Å²) in [6.07, 6.45) is 20.2. The van der Waals surface area contributed by atoms with Gasteiger partial charge in [-0.1, -0.05) is 145 Å². The summed E-state index contributed by atoms with van der Waals surface area (Å²) in [6.45, 7) is 29.6. The van der Waals surface area contributed by atoms with Crippen LogP contribution in [0, 0.1) is 77.0 Å². The van der Waals surface area contributed by atoms with Crippen LogP contribution in [0.25, 0.3) is 0 Å². The number of phosphoric ester groups is 3. The molecular formula is C73H125N2O20P3. The first kappa shape index (κ1) is 86.7. The third-order valence-corrected chi connectivity index (χ3v) is 21.9. The number of fused-ring (bicyclic) bond motifs is 2. The molecular weight excluding hydrogens is 1320 g/mol. The summed E-state index contributed by atoms with van der Waals surface area (Å²) in [5.74, 6) is 3.06. The Balaban J connectivity index is 1.42. The lowest BCUT2D eigenvalue weighted by molar-refractivity contribution is -0.141. The van der Waals surface area contributed by atoms with Gasteiger partial charge < -0.3 is 58.1 Å². The molecule has 0 saturated carbocycles. The SMILES string of the molecule is Cc1c(C)c2c(c(C)c1OC(=O)CCC(=O)N(CCOP(=O)(O)O)CC(CN(CCOP(=O)(O)O)C(=O)CCC(=O)Oc1c(C)c(C)c3c(c1C)CCC(C)(CCCC(C)CCCC(C)CCCC(C)C)O3)OP(=O)(O)O)CCC(C)(CCCC(C)CCCC(C)CCCC(C)C)O2. The van der Waals surface area contributed by atoms with Crippen molar-refractivity contribution >= 4 is 47.2 Å². The Labute approximate surface area is 586 Å². The number of hydrogen-bond acceptors (Lipinski definition) is 14. The summed E-state index contributed by atoms with van der Waals surface area (Å²) < 4.78 is 76.1. The molecule has 6 unspecified atom stereocenters. The molecule has 0 spiro atoms. The number of carbonyl (C=O) groups is 4. The van der Waals surface area contributed by atoms with Gasteiger partial charge in [0.15, 0.2) is 0 Å². The van der Waals surface area contributed by atoms with Crippen LogP contribution >= 0.6 is 23.5 Å². The fourth-order valence-electron chi connectivity index (χ4n) is 13.9. The van der Waals surface area contributed by atoms with Crippen LogP contribution in [0.5, 0.6) is 23.0 Å². The number of rotatable bonds is 46. The summed E-state index contributed by atoms with van der Waals surface area (Å²) in [5.41, 5.74) is 5.46. The van der Waals surface area contributed by atoms with Gasteiger partial charge in [0.1, 0.15) is 40.3 Å². The van der Waals surface area contributed by atoms with Gasteiger partial charge in [-0.3, -0.25) is 32.7 Å². The Kier molecular flexibility index (Phi) is 35.7. The van der Waals surface area contributed by atoms with E-state index in [4.69, 9.17) is 23.5 Å². The van der Waals surface area contributed by atoms with Crippen LogP contribution in [0.15, 0.2) is 0 Å². The number of phosphoric acid groups is 3. The number of ether oxygens (including phenoxy) is 4. The van der Waals surface area contributed by atoms with Crippen LogP contribution in [-0.4, -0.2) is 120 Å². The van der Waals surface area contributed by atoms with Crippen LogP contribution in [0.4, 0.5) is 0 Å². The predicted molar refractivity (Wildman–Crippen MR) is 381 cm³/mol. The molecule has 0 aliphatic carbocycles. The van der Waals surface area contributed by atoms with Crippen molar-refractivity contribution in [1.29, 1.82) is 0 Å². The number of benzene rings is 2. The fourth-order valence-corrected chi connectivity index (χ4v) is 15.0. The molecule has 2 aromatic carbocycles. The molecule has 0 bridgehead atoms. The van der Waals surface area contributed by atoms with Crippen LogP contribution in [0.2, 0.25) is 0 Å². The van der Waals surface area contributed by atoms with Gasteiger partial charge in [-0.25, -0.2) is 13.7 Å². The second-order valence-corrected chi connectivity index (χ2v) is 34.0. The average Bonchev–Trinajstić information content (AvgIpc) is 0.767. The van der Waals surface area contributed by atoms with Gasteiger partial charge in [0.25, 0.3) is 0 Å². The van der Waals surface area contributed by atoms with Gasteiger partial charge in [0.2, 0.25) is 11.8 Å². The third kappa shape index (κ3) is 31.1. The van der Waals surface area contributed by atoms with Gasteiger partial charge in [-0.05, 0) is 176 Å². The molecule has 2 aliphatic rings. The maximum absolute atomic E-state index is 14.1. The highest BCUT2D eigenvalue weighted by molar-refractivity contribution is 7.46. The van der Waals surface area contributed by atoms with Crippen molar-refractivity contribution in [2.75, 3.05) is 39.4 Å². The lowest BCUT2D eigenvalue weighted by Crippen LogP contribution is -2.47. The van der Waals surface area contributed by atoms with Crippen molar-refractivity contribution < 1.29 is 94.8 Å². The maximum Gasteiger partial charge on any atom is 0.469 e. The van der Waals surface area contributed by atoms with E-state index in [1.165, 1.54) is 77.0 Å². The summed E-state index contributed by atoms with van der Waals surface area (Å²) in [5, 5.41) is 0. The van der Waals surface area contributed by atoms with Crippen LogP contribution in [-0.2, 0) is 59.3 Å². The number of esters is 2. The number of carbonyl (C=O) groups excluding carboxylic acids is 4. The summed E-state index contributed by atoms with van der Waals surface area (Å²) in [7, 11) is -15.7. The largest absolute Gasteiger partial charge is 0.487 e. The van der Waals surface area contributed by atoms with Crippen molar-refractivity contribution in [2.45, 2.75) is 295 Å². The van der Waals surface area contributed by atoms with Gasteiger partial charge in [0.05, 0.1) is 26.1 Å². The van der Waals surface area contributed by atoms with Crippen LogP contribution in [0.1, 0.15) is 268 Å². The maximum atomic E-state index is 14.1. The van der Waals surface area contributed by atoms with E-state index in [1.54, 1.807) is 0 Å². The first-order valence-electron chi connectivity index (χ1n) is 36.3. The Morgan fingerprint density at radius 2 is 0.765 bits per heavy atom. The van der Waals surface area contributed by atoms with Crippen molar-refractivity contribution in [1.82, 2.24) is 9.80 Å². The third-order valence-electron chi connectivity index (χ3n) is 20.3. The highest BCUT2D eigenvalue weighted by atomic mass is 31.2. The van der Waals surface area contributed by atoms with Gasteiger partial charge in [0, 0.05) is 50.1 Å². The molecule has 6 N–H and O–H groups in total. The van der Waals surface area contributed by atoms with Gasteiger partial charge >= 0.3 is 35.4 Å². The second kappa shape index (κ2) is 40.3. The van der Waals surface area contributed by atoms with E-state index in [2.05, 4.69) is 78.3 Å². The topological polar surface area (TPSA) is 312 Å². The average molecular weight is 1440 g/mol. The molecule has 25 heteroatoms. The van der Waals surface area contributed by atoms with E-state index >= 15 is 0 Å². The first-order valence-corrected chi connectivity index (χ1v) is 40.9. The summed E-state index contributed by atoms with van der Waals surface area (Å²) in [4.78, 5) is 116. The molecule has 6 atom stereocenters. The van der Waals surface area contributed by atoms with Crippen molar-refractivity contribution in [3.63, 3.8) is 0 Å². The molecule has 2 heterocycles. The van der Waals surface area contributed by atoms with E-state index < -0.39 is 118 Å². The molecule has 22 nitrogen and oxygen atoms in total. The lowest BCUT2D eigenvalue weighted by atomic mass is 9.83. The Hall–Kier alpha value is -3.75. The minimum atomic E-state index is -5.49. The second-order valence-electron chi connectivity index (χ2n) is 30.3. The predicted octanol–water partition coefficient (Wildman–Crippen LogP) is 16.0. The smallest absolute Gasteiger partial charge is 0.469 e. The molecule has 98 heavy (non-hydrogen) atoms. The Morgan fingerprint density at radius 1 is 0.449 bits per heavy atom. The van der Waals surface area contributed by atoms with Crippen LogP contribution in [0.3, 0.4) is 0 Å². The Morgan fingerprint density at radius 3 is 1.07 bits per heavy atom. The standard InChI is InChI=1S/C73H125N2O20P3/c1-49(2)23-17-25-51(5)27-19-29-53(7)31-21-39-72(15)41-37-62-59(13)68(55(9)57(11)70(62)93-72)91-66(78)35-33-64(76)74(43-45-89-96(80,81)82)47-61(95-98(86,87)88)48-75(44-46-90-97(83,84)85)65(77)34-36-67(79)92-69-56(10)58(12)71-63(60(69)14)38-42-73(16,94-71)40-22-32-54(8)30-20-28-52(6)26-18-24-50(3)4/h49-54,61H,17-48H2,1-16H3,(H2,80,81,82)(H2,83,84,85)(H2,86,87,88). The number of nitrogens with zero attached hydrogens (tertiary/aromatic N) is 2. The molecule has 0 fully saturated rings. The van der Waals surface area contributed by atoms with E-state index in [9.17, 15) is 62.2 Å². The summed E-state index contributed by atoms with van der Waals surface area (Å²) in [6, 6.07) is 0. The number of hydrogen-bond donors (Lipinski definition) is 6. The quantitative estimate of drug-likeness (QED) is 0.0204. The van der Waals surface area contributed by atoms with Crippen molar-refractivity contribution in [3.05, 3.63) is 44.5 Å². The zero-order chi connectivity index (χ0) is 73.5. The molecule has 4 rings (SSSR count). The normalized spacial score (nSPS) is 18.1. The molecule has 0 saturated heterocycles. The lowest BCUT2D eigenvalue weighted by Gasteiger charge is -2.38. The molecule has 2 amide bonds. The molecule has 562 valence electrons. The van der Waals surface area contributed by atoms with Crippen molar-refractivity contribution in [2.24, 2.45) is 35.5 Å². The molecule has 0 aromatic heterocycles. The van der Waals surface area contributed by atoms with E-state index in [0.717, 1.165) is 119 Å². The summed E-state index contributed by atoms with van der Waals surface area (Å²) >= 11 is 0. The number of amides is 2. The molecule has 2 aliphatic heterocycles. The van der Waals surface area contributed by atoms with E-state index in [0.29, 0.717) is 58.4 Å². The monoisotopic (exact) mass is 1440 g/mol. The Bertz CT molecular complexity index is 2860. The molecule has 0 radical (unpaired) electrons. The van der Waals surface area contributed by atoms with Gasteiger partial charge in [-0.2, -0.15) is 0 Å². The van der Waals surface area contributed by atoms with Crippen molar-refractivity contribution in [3.8, 4) is 23.0 Å². The van der Waals surface area contributed by atoms with E-state index in [-0.39, 0.29) is 11.2 Å². The minimum absolute atomic E-state index is 0.317.